The van der Waals surface area contributed by atoms with Gasteiger partial charge in [-0.1, -0.05) is 60.1 Å². The fourth-order valence-corrected chi connectivity index (χ4v) is 5.15. The zero-order valence-electron chi connectivity index (χ0n) is 19.8. The summed E-state index contributed by atoms with van der Waals surface area (Å²) in [7, 11) is -2.51. The van der Waals surface area contributed by atoms with E-state index in [0.717, 1.165) is 11.1 Å². The van der Waals surface area contributed by atoms with E-state index < -0.39 is 28.0 Å². The van der Waals surface area contributed by atoms with Gasteiger partial charge >= 0.3 is 0 Å². The van der Waals surface area contributed by atoms with E-state index in [9.17, 15) is 13.2 Å². The summed E-state index contributed by atoms with van der Waals surface area (Å²) in [5.74, 6) is 0.551. The van der Waals surface area contributed by atoms with Gasteiger partial charge in [0.1, 0.15) is 17.5 Å². The van der Waals surface area contributed by atoms with Gasteiger partial charge < -0.3 is 14.8 Å². The van der Waals surface area contributed by atoms with Crippen molar-refractivity contribution in [2.45, 2.75) is 37.2 Å². The van der Waals surface area contributed by atoms with Crippen LogP contribution in [0.4, 0.5) is 0 Å². The molecule has 2 atom stereocenters. The molecular weight excluding hydrogens is 488 g/mol. The van der Waals surface area contributed by atoms with Gasteiger partial charge in [-0.3, -0.25) is 4.79 Å². The molecule has 0 aromatic heterocycles. The lowest BCUT2D eigenvalue weighted by Crippen LogP contribution is -2.48. The molecule has 0 fully saturated rings. The summed E-state index contributed by atoms with van der Waals surface area (Å²) >= 11 is 6.20. The van der Waals surface area contributed by atoms with E-state index in [2.05, 4.69) is 10.0 Å². The lowest BCUT2D eigenvalue weighted by atomic mass is 10.0. The molecule has 3 rings (SSSR count). The Labute approximate surface area is 211 Å². The molecule has 186 valence electrons. The maximum absolute atomic E-state index is 13.3. The number of carbonyl (C=O) groups excluding carboxylic acids is 1. The summed E-state index contributed by atoms with van der Waals surface area (Å²) in [6, 6.07) is 19.3. The van der Waals surface area contributed by atoms with Crippen LogP contribution in [0.5, 0.6) is 11.5 Å². The number of rotatable bonds is 11. The number of nitrogens with one attached hydrogen (secondary N) is 2. The quantitative estimate of drug-likeness (QED) is 0.391. The van der Waals surface area contributed by atoms with Gasteiger partial charge in [0.25, 0.3) is 0 Å². The third kappa shape index (κ3) is 6.97. The molecule has 0 spiro atoms. The molecule has 0 heterocycles. The highest BCUT2D eigenvalue weighted by atomic mass is 35.5. The summed E-state index contributed by atoms with van der Waals surface area (Å²) in [5, 5.41) is 3.08. The van der Waals surface area contributed by atoms with Crippen molar-refractivity contribution in [3.05, 3.63) is 88.9 Å². The maximum Gasteiger partial charge on any atom is 0.241 e. The Morgan fingerprint density at radius 3 is 2.34 bits per heavy atom. The molecule has 0 saturated carbocycles. The van der Waals surface area contributed by atoms with Gasteiger partial charge in [-0.2, -0.15) is 4.72 Å². The average Bonchev–Trinajstić information content (AvgIpc) is 2.85. The van der Waals surface area contributed by atoms with Crippen molar-refractivity contribution in [3.63, 3.8) is 0 Å². The van der Waals surface area contributed by atoms with Crippen LogP contribution < -0.4 is 19.5 Å². The molecule has 3 aromatic carbocycles. The lowest BCUT2D eigenvalue weighted by molar-refractivity contribution is -0.123. The zero-order valence-corrected chi connectivity index (χ0v) is 21.4. The fourth-order valence-electron chi connectivity index (χ4n) is 3.63. The number of para-hydroxylation sites is 1. The Morgan fingerprint density at radius 1 is 1.00 bits per heavy atom. The molecular formula is C26H29ClN2O5S. The summed E-state index contributed by atoms with van der Waals surface area (Å²) in [6.45, 7) is 4.02. The minimum Gasteiger partial charge on any atom is -0.496 e. The second kappa shape index (κ2) is 12.1. The van der Waals surface area contributed by atoms with Crippen molar-refractivity contribution in [3.8, 4) is 11.5 Å². The number of sulfonamides is 1. The number of halogens is 1. The van der Waals surface area contributed by atoms with E-state index in [4.69, 9.17) is 21.1 Å². The van der Waals surface area contributed by atoms with Gasteiger partial charge in [0.15, 0.2) is 0 Å². The SMILES string of the molecule is CCOc1ccc(S(=O)(=O)N[C@H](Cc2ccccc2)C(=O)N[C@H](C)c2ccccc2OC)cc1Cl. The molecule has 1 amide bonds. The van der Waals surface area contributed by atoms with Crippen LogP contribution in [0.3, 0.4) is 0 Å². The van der Waals surface area contributed by atoms with Gasteiger partial charge in [0.2, 0.25) is 15.9 Å². The van der Waals surface area contributed by atoms with Gasteiger partial charge in [-0.05, 0) is 50.1 Å². The minimum atomic E-state index is -4.07. The summed E-state index contributed by atoms with van der Waals surface area (Å²) in [4.78, 5) is 13.3. The highest BCUT2D eigenvalue weighted by Gasteiger charge is 2.28. The first kappa shape index (κ1) is 26.5. The predicted octanol–water partition coefficient (Wildman–Crippen LogP) is 4.51. The van der Waals surface area contributed by atoms with Crippen molar-refractivity contribution >= 4 is 27.5 Å². The Balaban J connectivity index is 1.86. The van der Waals surface area contributed by atoms with Gasteiger partial charge in [0, 0.05) is 5.56 Å². The summed E-state index contributed by atoms with van der Waals surface area (Å²) < 4.78 is 39.7. The van der Waals surface area contributed by atoms with Gasteiger partial charge in [-0.15, -0.1) is 0 Å². The monoisotopic (exact) mass is 516 g/mol. The average molecular weight is 517 g/mol. The van der Waals surface area contributed by atoms with Crippen molar-refractivity contribution in [2.75, 3.05) is 13.7 Å². The number of methoxy groups -OCH3 is 1. The zero-order chi connectivity index (χ0) is 25.4. The molecule has 7 nitrogen and oxygen atoms in total. The first-order valence-corrected chi connectivity index (χ1v) is 13.0. The predicted molar refractivity (Wildman–Crippen MR) is 136 cm³/mol. The molecule has 0 unspecified atom stereocenters. The molecule has 3 aromatic rings. The summed E-state index contributed by atoms with van der Waals surface area (Å²) in [6.07, 6.45) is 0.162. The van der Waals surface area contributed by atoms with Crippen molar-refractivity contribution in [1.29, 1.82) is 0 Å². The number of hydrogen-bond acceptors (Lipinski definition) is 5. The van der Waals surface area contributed by atoms with Crippen LogP contribution in [0.25, 0.3) is 0 Å². The Hall–Kier alpha value is -3.07. The molecule has 35 heavy (non-hydrogen) atoms. The first-order chi connectivity index (χ1) is 16.7. The molecule has 0 radical (unpaired) electrons. The largest absolute Gasteiger partial charge is 0.496 e. The lowest BCUT2D eigenvalue weighted by Gasteiger charge is -2.23. The van der Waals surface area contributed by atoms with E-state index in [1.807, 2.05) is 55.5 Å². The Bertz CT molecular complexity index is 1250. The van der Waals surface area contributed by atoms with Crippen LogP contribution in [0.15, 0.2) is 77.7 Å². The third-order valence-electron chi connectivity index (χ3n) is 5.37. The second-order valence-corrected chi connectivity index (χ2v) is 9.98. The number of amides is 1. The topological polar surface area (TPSA) is 93.7 Å². The fraction of sp³-hybridized carbons (Fsp3) is 0.269. The standard InChI is InChI=1S/C26H29ClN2O5S/c1-4-34-25-15-14-20(17-22(25)27)35(31,32)29-23(16-19-10-6-5-7-11-19)26(30)28-18(2)21-12-8-9-13-24(21)33-3/h5-15,17-18,23,29H,4,16H2,1-3H3,(H,28,30)/t18-,23-/m1/s1. The van der Waals surface area contributed by atoms with Crippen LogP contribution >= 0.6 is 11.6 Å². The number of hydrogen-bond donors (Lipinski definition) is 2. The molecule has 0 aliphatic heterocycles. The number of benzene rings is 3. The van der Waals surface area contributed by atoms with Crippen molar-refractivity contribution in [1.82, 2.24) is 10.0 Å². The molecule has 0 bridgehead atoms. The maximum atomic E-state index is 13.3. The normalized spacial score (nSPS) is 13.0. The Kier molecular flexibility index (Phi) is 9.14. The minimum absolute atomic E-state index is 0.0606. The van der Waals surface area contributed by atoms with Crippen LogP contribution in [0, 0.1) is 0 Å². The van der Waals surface area contributed by atoms with Crippen LogP contribution in [-0.2, 0) is 21.2 Å². The second-order valence-electron chi connectivity index (χ2n) is 7.86. The number of carbonyl (C=O) groups is 1. The van der Waals surface area contributed by atoms with E-state index in [1.54, 1.807) is 20.1 Å². The molecule has 0 aliphatic carbocycles. The molecule has 2 N–H and O–H groups in total. The van der Waals surface area contributed by atoms with Crippen LogP contribution in [0.2, 0.25) is 5.02 Å². The molecule has 0 saturated heterocycles. The number of ether oxygens (including phenoxy) is 2. The van der Waals surface area contributed by atoms with E-state index in [-0.39, 0.29) is 16.3 Å². The third-order valence-corrected chi connectivity index (χ3v) is 7.14. The smallest absolute Gasteiger partial charge is 0.241 e. The van der Waals surface area contributed by atoms with Gasteiger partial charge in [-0.25, -0.2) is 8.42 Å². The molecule has 9 heteroatoms. The van der Waals surface area contributed by atoms with E-state index in [0.29, 0.717) is 18.1 Å². The van der Waals surface area contributed by atoms with Crippen LogP contribution in [0.1, 0.15) is 31.0 Å². The summed E-state index contributed by atoms with van der Waals surface area (Å²) in [5.41, 5.74) is 1.59. The van der Waals surface area contributed by atoms with Gasteiger partial charge in [0.05, 0.1) is 29.7 Å². The van der Waals surface area contributed by atoms with Crippen molar-refractivity contribution in [2.24, 2.45) is 0 Å². The van der Waals surface area contributed by atoms with Crippen molar-refractivity contribution < 1.29 is 22.7 Å². The van der Waals surface area contributed by atoms with Crippen LogP contribution in [-0.4, -0.2) is 34.1 Å². The highest BCUT2D eigenvalue weighted by molar-refractivity contribution is 7.89. The first-order valence-electron chi connectivity index (χ1n) is 11.2. The Morgan fingerprint density at radius 2 is 1.69 bits per heavy atom. The highest BCUT2D eigenvalue weighted by Crippen LogP contribution is 2.28. The molecule has 0 aliphatic rings. The van der Waals surface area contributed by atoms with E-state index >= 15 is 0 Å². The van der Waals surface area contributed by atoms with E-state index in [1.165, 1.54) is 18.2 Å².